The fourth-order valence-electron chi connectivity index (χ4n) is 3.29. The number of piperidine rings is 1. The van der Waals surface area contributed by atoms with E-state index in [4.69, 9.17) is 5.73 Å². The number of amides is 1. The van der Waals surface area contributed by atoms with Gasteiger partial charge in [0.25, 0.3) is 0 Å². The summed E-state index contributed by atoms with van der Waals surface area (Å²) in [5.41, 5.74) is 5.86. The third kappa shape index (κ3) is 4.66. The lowest BCUT2D eigenvalue weighted by molar-refractivity contribution is -0.136. The highest BCUT2D eigenvalue weighted by molar-refractivity contribution is 7.88. The third-order valence-electron chi connectivity index (χ3n) is 4.88. The standard InChI is InChI=1S/C14H27N3O3S/c1-21(19,20)16-9-12-4-2-7-17(10-12)13(18)8-14(11-15)5-3-6-14/h12,16H,2-11,15H2,1H3. The number of nitrogens with one attached hydrogen (secondary N) is 1. The molecule has 0 radical (unpaired) electrons. The summed E-state index contributed by atoms with van der Waals surface area (Å²) in [7, 11) is -3.16. The van der Waals surface area contributed by atoms with Gasteiger partial charge < -0.3 is 10.6 Å². The first-order valence-electron chi connectivity index (χ1n) is 7.76. The van der Waals surface area contributed by atoms with E-state index in [0.717, 1.165) is 32.2 Å². The van der Waals surface area contributed by atoms with Crippen molar-refractivity contribution in [2.24, 2.45) is 17.1 Å². The van der Waals surface area contributed by atoms with Crippen LogP contribution in [-0.2, 0) is 14.8 Å². The highest BCUT2D eigenvalue weighted by atomic mass is 32.2. The molecule has 0 aromatic rings. The van der Waals surface area contributed by atoms with Crippen molar-refractivity contribution in [3.8, 4) is 0 Å². The zero-order valence-electron chi connectivity index (χ0n) is 12.8. The van der Waals surface area contributed by atoms with Gasteiger partial charge in [0.1, 0.15) is 0 Å². The Bertz CT molecular complexity index is 468. The quantitative estimate of drug-likeness (QED) is 0.736. The fraction of sp³-hybridized carbons (Fsp3) is 0.929. The van der Waals surface area contributed by atoms with E-state index in [1.54, 1.807) is 0 Å². The van der Waals surface area contributed by atoms with Crippen molar-refractivity contribution in [1.82, 2.24) is 9.62 Å². The zero-order valence-corrected chi connectivity index (χ0v) is 13.6. The van der Waals surface area contributed by atoms with Crippen LogP contribution in [0, 0.1) is 11.3 Å². The summed E-state index contributed by atoms with van der Waals surface area (Å²) in [6, 6.07) is 0. The summed E-state index contributed by atoms with van der Waals surface area (Å²) in [5.74, 6) is 0.400. The number of rotatable bonds is 6. The Hall–Kier alpha value is -0.660. The summed E-state index contributed by atoms with van der Waals surface area (Å²) in [4.78, 5) is 14.3. The average molecular weight is 317 g/mol. The molecule has 6 nitrogen and oxygen atoms in total. The Morgan fingerprint density at radius 1 is 1.38 bits per heavy atom. The lowest BCUT2D eigenvalue weighted by Crippen LogP contribution is -2.47. The van der Waals surface area contributed by atoms with Gasteiger partial charge in [-0.25, -0.2) is 13.1 Å². The highest BCUT2D eigenvalue weighted by Crippen LogP contribution is 2.43. The predicted molar refractivity (Wildman–Crippen MR) is 82.1 cm³/mol. The molecular formula is C14H27N3O3S. The molecule has 0 aromatic heterocycles. The normalized spacial score (nSPS) is 25.4. The molecule has 7 heteroatoms. The molecule has 122 valence electrons. The van der Waals surface area contributed by atoms with Gasteiger partial charge in [-0.05, 0) is 43.6 Å². The number of likely N-dealkylation sites (tertiary alicyclic amines) is 1. The van der Waals surface area contributed by atoms with Crippen LogP contribution >= 0.6 is 0 Å². The van der Waals surface area contributed by atoms with Crippen LogP contribution in [0.5, 0.6) is 0 Å². The smallest absolute Gasteiger partial charge is 0.223 e. The minimum atomic E-state index is -3.16. The van der Waals surface area contributed by atoms with Gasteiger partial charge in [-0.2, -0.15) is 0 Å². The zero-order chi connectivity index (χ0) is 15.5. The first-order valence-corrected chi connectivity index (χ1v) is 9.65. The number of sulfonamides is 1. The van der Waals surface area contributed by atoms with E-state index in [0.29, 0.717) is 26.1 Å². The van der Waals surface area contributed by atoms with Crippen molar-refractivity contribution in [3.05, 3.63) is 0 Å². The lowest BCUT2D eigenvalue weighted by atomic mass is 9.66. The molecule has 1 heterocycles. The Balaban J connectivity index is 1.84. The van der Waals surface area contributed by atoms with Gasteiger partial charge in [-0.1, -0.05) is 6.42 Å². The minimum Gasteiger partial charge on any atom is -0.342 e. The summed E-state index contributed by atoms with van der Waals surface area (Å²) in [6.07, 6.45) is 6.91. The van der Waals surface area contributed by atoms with Gasteiger partial charge in [-0.15, -0.1) is 0 Å². The van der Waals surface area contributed by atoms with Crippen molar-refractivity contribution in [1.29, 1.82) is 0 Å². The Labute approximate surface area is 127 Å². The van der Waals surface area contributed by atoms with Crippen LogP contribution in [0.15, 0.2) is 0 Å². The Morgan fingerprint density at radius 2 is 2.10 bits per heavy atom. The summed E-state index contributed by atoms with van der Waals surface area (Å²) in [6.45, 7) is 2.45. The van der Waals surface area contributed by atoms with Crippen LogP contribution in [0.2, 0.25) is 0 Å². The lowest BCUT2D eigenvalue weighted by Gasteiger charge is -2.42. The van der Waals surface area contributed by atoms with Crippen LogP contribution in [0.1, 0.15) is 38.5 Å². The number of hydrogen-bond acceptors (Lipinski definition) is 4. The molecule has 0 spiro atoms. The van der Waals surface area contributed by atoms with E-state index in [1.165, 1.54) is 12.7 Å². The van der Waals surface area contributed by atoms with E-state index in [-0.39, 0.29) is 17.2 Å². The fourth-order valence-corrected chi connectivity index (χ4v) is 3.83. The number of carbonyl (C=O) groups is 1. The highest BCUT2D eigenvalue weighted by Gasteiger charge is 2.39. The topological polar surface area (TPSA) is 92.5 Å². The maximum absolute atomic E-state index is 12.4. The van der Waals surface area contributed by atoms with Gasteiger partial charge in [0.2, 0.25) is 15.9 Å². The molecule has 2 fully saturated rings. The Morgan fingerprint density at radius 3 is 2.62 bits per heavy atom. The maximum atomic E-state index is 12.4. The molecule has 2 aliphatic rings. The largest absolute Gasteiger partial charge is 0.342 e. The second-order valence-electron chi connectivity index (χ2n) is 6.70. The number of nitrogens with zero attached hydrogens (tertiary/aromatic N) is 1. The van der Waals surface area contributed by atoms with Crippen molar-refractivity contribution in [3.63, 3.8) is 0 Å². The van der Waals surface area contributed by atoms with Gasteiger partial charge in [0, 0.05) is 26.1 Å². The van der Waals surface area contributed by atoms with Crippen molar-refractivity contribution in [2.45, 2.75) is 38.5 Å². The van der Waals surface area contributed by atoms with Crippen LogP contribution in [0.3, 0.4) is 0 Å². The molecule has 1 saturated heterocycles. The summed E-state index contributed by atoms with van der Waals surface area (Å²) >= 11 is 0. The maximum Gasteiger partial charge on any atom is 0.223 e. The van der Waals surface area contributed by atoms with Gasteiger partial charge in [0.05, 0.1) is 6.26 Å². The average Bonchev–Trinajstić information content (AvgIpc) is 2.40. The molecule has 1 aliphatic carbocycles. The first-order chi connectivity index (χ1) is 9.84. The molecule has 1 atom stereocenters. The monoisotopic (exact) mass is 317 g/mol. The van der Waals surface area contributed by atoms with Gasteiger partial charge in [0.15, 0.2) is 0 Å². The van der Waals surface area contributed by atoms with Crippen molar-refractivity contribution >= 4 is 15.9 Å². The van der Waals surface area contributed by atoms with E-state index in [9.17, 15) is 13.2 Å². The summed E-state index contributed by atoms with van der Waals surface area (Å²) in [5, 5.41) is 0. The van der Waals surface area contributed by atoms with E-state index in [1.807, 2.05) is 4.90 Å². The van der Waals surface area contributed by atoms with Crippen LogP contribution in [-0.4, -0.2) is 51.7 Å². The number of carbonyl (C=O) groups excluding carboxylic acids is 1. The van der Waals surface area contributed by atoms with Crippen molar-refractivity contribution in [2.75, 3.05) is 32.4 Å². The van der Waals surface area contributed by atoms with E-state index < -0.39 is 10.0 Å². The van der Waals surface area contributed by atoms with Crippen LogP contribution in [0.4, 0.5) is 0 Å². The minimum absolute atomic E-state index is 0.0367. The number of hydrogen-bond donors (Lipinski definition) is 2. The molecule has 3 N–H and O–H groups in total. The third-order valence-corrected chi connectivity index (χ3v) is 5.57. The second-order valence-corrected chi connectivity index (χ2v) is 8.54. The first kappa shape index (κ1) is 16.7. The molecule has 21 heavy (non-hydrogen) atoms. The van der Waals surface area contributed by atoms with Gasteiger partial charge in [-0.3, -0.25) is 4.79 Å². The molecule has 0 aromatic carbocycles. The number of nitrogens with two attached hydrogens (primary N) is 1. The molecule has 0 bridgehead atoms. The van der Waals surface area contributed by atoms with Gasteiger partial charge >= 0.3 is 0 Å². The van der Waals surface area contributed by atoms with Crippen LogP contribution < -0.4 is 10.5 Å². The Kier molecular flexibility index (Phi) is 5.27. The molecule has 1 unspecified atom stereocenters. The summed E-state index contributed by atoms with van der Waals surface area (Å²) < 4.78 is 24.9. The van der Waals surface area contributed by atoms with E-state index >= 15 is 0 Å². The molecule has 2 rings (SSSR count). The molecular weight excluding hydrogens is 290 g/mol. The predicted octanol–water partition coefficient (Wildman–Crippen LogP) is 0.293. The van der Waals surface area contributed by atoms with Crippen molar-refractivity contribution < 1.29 is 13.2 Å². The second kappa shape index (κ2) is 6.62. The molecule has 1 aliphatic heterocycles. The SMILES string of the molecule is CS(=O)(=O)NCC1CCCN(C(=O)CC2(CN)CCC2)C1. The molecule has 1 amide bonds. The molecule has 1 saturated carbocycles. The van der Waals surface area contributed by atoms with Crippen LogP contribution in [0.25, 0.3) is 0 Å². The van der Waals surface area contributed by atoms with E-state index in [2.05, 4.69) is 4.72 Å².